The van der Waals surface area contributed by atoms with E-state index in [0.717, 1.165) is 30.9 Å². The predicted octanol–water partition coefficient (Wildman–Crippen LogP) is 2.67. The predicted molar refractivity (Wildman–Crippen MR) is 86.2 cm³/mol. The van der Waals surface area contributed by atoms with E-state index >= 15 is 0 Å². The fourth-order valence-corrected chi connectivity index (χ4v) is 3.72. The van der Waals surface area contributed by atoms with Gasteiger partial charge < -0.3 is 9.64 Å². The number of fused-ring (bicyclic) bond motifs is 3. The molecule has 4 heteroatoms. The number of para-hydroxylation sites is 2. The van der Waals surface area contributed by atoms with Crippen LogP contribution in [0.3, 0.4) is 0 Å². The third-order valence-electron chi connectivity index (χ3n) is 5.10. The number of hydrogen-bond acceptors (Lipinski definition) is 3. The van der Waals surface area contributed by atoms with Crippen LogP contribution in [-0.2, 0) is 4.79 Å². The number of carbonyl (C=O) groups is 1. The maximum Gasteiger partial charge on any atom is 0.244 e. The molecule has 1 amide bonds. The molecule has 2 aliphatic heterocycles. The summed E-state index contributed by atoms with van der Waals surface area (Å²) in [5.41, 5.74) is 0.958. The molecule has 2 bridgehead atoms. The lowest BCUT2D eigenvalue weighted by molar-refractivity contribution is -0.123. The second-order valence-electron chi connectivity index (χ2n) is 7.14. The molecule has 0 unspecified atom stereocenters. The van der Waals surface area contributed by atoms with E-state index in [-0.39, 0.29) is 18.1 Å². The zero-order chi connectivity index (χ0) is 15.3. The van der Waals surface area contributed by atoms with Gasteiger partial charge in [-0.1, -0.05) is 12.1 Å². The van der Waals surface area contributed by atoms with Crippen molar-refractivity contribution < 1.29 is 9.53 Å². The highest BCUT2D eigenvalue weighted by Gasteiger charge is 2.44. The summed E-state index contributed by atoms with van der Waals surface area (Å²) >= 11 is 0. The summed E-state index contributed by atoms with van der Waals surface area (Å²) in [6.07, 6.45) is 3.43. The number of benzene rings is 1. The lowest BCUT2D eigenvalue weighted by atomic mass is 10.1. The van der Waals surface area contributed by atoms with Crippen LogP contribution in [0.2, 0.25) is 0 Å². The normalized spacial score (nSPS) is 28.3. The Kier molecular flexibility index (Phi) is 3.37. The molecule has 118 valence electrons. The first-order valence-corrected chi connectivity index (χ1v) is 8.46. The van der Waals surface area contributed by atoms with Gasteiger partial charge in [0.05, 0.1) is 11.7 Å². The minimum absolute atomic E-state index is 0.0305. The minimum atomic E-state index is -0.0305. The Morgan fingerprint density at radius 1 is 1.27 bits per heavy atom. The molecule has 1 saturated heterocycles. The summed E-state index contributed by atoms with van der Waals surface area (Å²) in [5.74, 6) is 1.80. The molecule has 1 aliphatic carbocycles. The van der Waals surface area contributed by atoms with Crippen molar-refractivity contribution in [2.24, 2.45) is 5.92 Å². The highest BCUT2D eigenvalue weighted by molar-refractivity contribution is 5.99. The maximum atomic E-state index is 13.2. The Morgan fingerprint density at radius 3 is 2.77 bits per heavy atom. The van der Waals surface area contributed by atoms with Crippen molar-refractivity contribution in [2.45, 2.75) is 51.3 Å². The van der Waals surface area contributed by atoms with Crippen LogP contribution in [0.25, 0.3) is 0 Å². The fourth-order valence-electron chi connectivity index (χ4n) is 3.72. The smallest absolute Gasteiger partial charge is 0.244 e. The summed E-state index contributed by atoms with van der Waals surface area (Å²) in [7, 11) is 0. The van der Waals surface area contributed by atoms with Crippen molar-refractivity contribution in [1.82, 2.24) is 4.90 Å². The van der Waals surface area contributed by atoms with Crippen LogP contribution in [-0.4, -0.2) is 42.1 Å². The van der Waals surface area contributed by atoms with Gasteiger partial charge in [-0.25, -0.2) is 0 Å². The number of nitrogens with zero attached hydrogens (tertiary/aromatic N) is 2. The molecule has 2 atom stereocenters. The van der Waals surface area contributed by atoms with Gasteiger partial charge in [0.2, 0.25) is 5.91 Å². The zero-order valence-electron chi connectivity index (χ0n) is 13.4. The molecular weight excluding hydrogens is 276 g/mol. The van der Waals surface area contributed by atoms with Crippen molar-refractivity contribution in [1.29, 1.82) is 0 Å². The van der Waals surface area contributed by atoms with Gasteiger partial charge in [0, 0.05) is 25.6 Å². The van der Waals surface area contributed by atoms with Crippen molar-refractivity contribution in [3.05, 3.63) is 24.3 Å². The van der Waals surface area contributed by atoms with Crippen LogP contribution in [0, 0.1) is 5.92 Å². The van der Waals surface area contributed by atoms with Gasteiger partial charge in [0.15, 0.2) is 0 Å². The summed E-state index contributed by atoms with van der Waals surface area (Å²) in [4.78, 5) is 17.5. The number of rotatable bonds is 3. The highest BCUT2D eigenvalue weighted by atomic mass is 16.5. The number of hydrogen-bond donors (Lipinski definition) is 0. The van der Waals surface area contributed by atoms with Crippen molar-refractivity contribution >= 4 is 11.6 Å². The molecular formula is C18H24N2O2. The SMILES string of the molecule is CC(C)N1C[C@@H]2C[C@H]1C(=O)N(CC1CC1)c1ccccc1O2. The maximum absolute atomic E-state index is 13.2. The van der Waals surface area contributed by atoms with E-state index in [2.05, 4.69) is 18.7 Å². The summed E-state index contributed by atoms with van der Waals surface area (Å²) in [5, 5.41) is 0. The molecule has 0 spiro atoms. The Morgan fingerprint density at radius 2 is 2.05 bits per heavy atom. The summed E-state index contributed by atoms with van der Waals surface area (Å²) < 4.78 is 6.25. The zero-order valence-corrected chi connectivity index (χ0v) is 13.4. The highest BCUT2D eigenvalue weighted by Crippen LogP contribution is 2.39. The molecule has 3 aliphatic rings. The molecule has 0 aromatic heterocycles. The monoisotopic (exact) mass is 300 g/mol. The van der Waals surface area contributed by atoms with Crippen LogP contribution < -0.4 is 9.64 Å². The molecule has 2 heterocycles. The van der Waals surface area contributed by atoms with Crippen LogP contribution in [0.4, 0.5) is 5.69 Å². The molecule has 4 rings (SSSR count). The van der Waals surface area contributed by atoms with Crippen LogP contribution >= 0.6 is 0 Å². The van der Waals surface area contributed by atoms with Gasteiger partial charge in [-0.3, -0.25) is 9.69 Å². The average molecular weight is 300 g/mol. The second kappa shape index (κ2) is 5.27. The van der Waals surface area contributed by atoms with E-state index in [1.807, 2.05) is 29.2 Å². The van der Waals surface area contributed by atoms with Gasteiger partial charge in [0.1, 0.15) is 11.9 Å². The Labute approximate surface area is 132 Å². The van der Waals surface area contributed by atoms with Gasteiger partial charge in [-0.15, -0.1) is 0 Å². The number of ether oxygens (including phenoxy) is 1. The van der Waals surface area contributed by atoms with Crippen molar-refractivity contribution in [3.8, 4) is 5.75 Å². The quantitative estimate of drug-likeness (QED) is 0.860. The van der Waals surface area contributed by atoms with Gasteiger partial charge >= 0.3 is 0 Å². The van der Waals surface area contributed by atoms with E-state index in [1.54, 1.807) is 0 Å². The Balaban J connectivity index is 1.73. The number of likely N-dealkylation sites (tertiary alicyclic amines) is 1. The van der Waals surface area contributed by atoms with E-state index in [4.69, 9.17) is 4.74 Å². The molecule has 0 radical (unpaired) electrons. The molecule has 2 fully saturated rings. The average Bonchev–Trinajstić information content (AvgIpc) is 3.21. The van der Waals surface area contributed by atoms with E-state index in [1.165, 1.54) is 12.8 Å². The molecule has 1 aromatic rings. The third kappa shape index (κ3) is 2.39. The molecule has 4 nitrogen and oxygen atoms in total. The molecule has 22 heavy (non-hydrogen) atoms. The Bertz CT molecular complexity index is 582. The molecule has 0 N–H and O–H groups in total. The van der Waals surface area contributed by atoms with Crippen LogP contribution in [0.5, 0.6) is 5.75 Å². The first-order chi connectivity index (χ1) is 10.6. The van der Waals surface area contributed by atoms with Crippen molar-refractivity contribution in [3.63, 3.8) is 0 Å². The summed E-state index contributed by atoms with van der Waals surface area (Å²) in [6, 6.07) is 8.36. The summed E-state index contributed by atoms with van der Waals surface area (Å²) in [6.45, 7) is 6.02. The lowest BCUT2D eigenvalue weighted by Gasteiger charge is -2.33. The van der Waals surface area contributed by atoms with Gasteiger partial charge in [0.25, 0.3) is 0 Å². The number of anilines is 1. The van der Waals surface area contributed by atoms with Gasteiger partial charge in [-0.05, 0) is 44.7 Å². The minimum Gasteiger partial charge on any atom is -0.487 e. The largest absolute Gasteiger partial charge is 0.487 e. The topological polar surface area (TPSA) is 32.8 Å². The van der Waals surface area contributed by atoms with Crippen LogP contribution in [0.15, 0.2) is 24.3 Å². The first-order valence-electron chi connectivity index (χ1n) is 8.46. The third-order valence-corrected chi connectivity index (χ3v) is 5.10. The van der Waals surface area contributed by atoms with E-state index in [9.17, 15) is 4.79 Å². The fraction of sp³-hybridized carbons (Fsp3) is 0.611. The van der Waals surface area contributed by atoms with Crippen molar-refractivity contribution in [2.75, 3.05) is 18.0 Å². The standard InChI is InChI=1S/C18H24N2O2/c1-12(2)19-11-14-9-16(19)18(21)20(10-13-7-8-13)15-5-3-4-6-17(15)22-14/h3-6,12-14,16H,7-11H2,1-2H3/t14-,16-/m0/s1. The Hall–Kier alpha value is -1.55. The lowest BCUT2D eigenvalue weighted by Crippen LogP contribution is -2.48. The number of carbonyl (C=O) groups excluding carboxylic acids is 1. The van der Waals surface area contributed by atoms with E-state index in [0.29, 0.717) is 12.0 Å². The molecule has 1 saturated carbocycles. The molecule has 1 aromatic carbocycles. The van der Waals surface area contributed by atoms with Crippen LogP contribution in [0.1, 0.15) is 33.1 Å². The van der Waals surface area contributed by atoms with E-state index < -0.39 is 0 Å². The number of amides is 1. The van der Waals surface area contributed by atoms with Gasteiger partial charge in [-0.2, -0.15) is 0 Å². The first kappa shape index (κ1) is 14.1. The second-order valence-corrected chi connectivity index (χ2v) is 7.14.